The second-order valence-electron chi connectivity index (χ2n) is 6.60. The molecule has 1 aliphatic heterocycles. The zero-order valence-corrected chi connectivity index (χ0v) is 14.6. The molecule has 1 amide bonds. The van der Waals surface area contributed by atoms with Crippen molar-refractivity contribution in [3.05, 3.63) is 59.9 Å². The Morgan fingerprint density at radius 3 is 2.96 bits per heavy atom. The number of carbonyl (C=O) groups excluding carboxylic acids is 1. The van der Waals surface area contributed by atoms with Crippen LogP contribution >= 0.6 is 0 Å². The second kappa shape index (κ2) is 7.66. The fourth-order valence-corrected chi connectivity index (χ4v) is 3.29. The van der Waals surface area contributed by atoms with Crippen LogP contribution in [0, 0.1) is 0 Å². The Kier molecular flexibility index (Phi) is 4.93. The van der Waals surface area contributed by atoms with E-state index >= 15 is 0 Å². The van der Waals surface area contributed by atoms with E-state index in [4.69, 9.17) is 4.74 Å². The van der Waals surface area contributed by atoms with Gasteiger partial charge in [0.2, 0.25) is 0 Å². The van der Waals surface area contributed by atoms with Crippen LogP contribution < -0.4 is 5.32 Å². The molecule has 1 fully saturated rings. The Balaban J connectivity index is 1.41. The average molecular weight is 350 g/mol. The van der Waals surface area contributed by atoms with Crippen molar-refractivity contribution in [1.82, 2.24) is 20.1 Å². The standard InChI is InChI=1S/C20H22N4O2/c25-20(21-9-8-18-7-4-10-26-18)17-11-16-13-23-24(19(16)22-12-17)14-15-5-2-1-3-6-15/h1-3,5-6,11-13,18H,4,7-10,14H2,(H,21,25). The summed E-state index contributed by atoms with van der Waals surface area (Å²) >= 11 is 0. The first-order valence-corrected chi connectivity index (χ1v) is 9.05. The topological polar surface area (TPSA) is 69.0 Å². The highest BCUT2D eigenvalue weighted by molar-refractivity contribution is 5.96. The molecule has 0 bridgehead atoms. The van der Waals surface area contributed by atoms with Gasteiger partial charge in [-0.1, -0.05) is 30.3 Å². The van der Waals surface area contributed by atoms with Gasteiger partial charge in [0.1, 0.15) is 0 Å². The van der Waals surface area contributed by atoms with Crippen LogP contribution in [0.25, 0.3) is 11.0 Å². The number of hydrogen-bond donors (Lipinski definition) is 1. The third kappa shape index (κ3) is 3.75. The predicted octanol–water partition coefficient (Wildman–Crippen LogP) is 2.78. The van der Waals surface area contributed by atoms with Crippen LogP contribution in [0.1, 0.15) is 35.2 Å². The maximum absolute atomic E-state index is 12.3. The number of nitrogens with zero attached hydrogens (tertiary/aromatic N) is 3. The molecule has 1 N–H and O–H groups in total. The van der Waals surface area contributed by atoms with Gasteiger partial charge in [0.05, 0.1) is 24.4 Å². The highest BCUT2D eigenvalue weighted by Crippen LogP contribution is 2.16. The fourth-order valence-electron chi connectivity index (χ4n) is 3.29. The summed E-state index contributed by atoms with van der Waals surface area (Å²) in [5.41, 5.74) is 2.50. The lowest BCUT2D eigenvalue weighted by Gasteiger charge is -2.10. The van der Waals surface area contributed by atoms with Gasteiger partial charge in [0.25, 0.3) is 5.91 Å². The van der Waals surface area contributed by atoms with Crippen LogP contribution in [0.5, 0.6) is 0 Å². The van der Waals surface area contributed by atoms with Gasteiger partial charge in [-0.25, -0.2) is 9.67 Å². The van der Waals surface area contributed by atoms with E-state index in [1.165, 1.54) is 0 Å². The van der Waals surface area contributed by atoms with Gasteiger partial charge < -0.3 is 10.1 Å². The van der Waals surface area contributed by atoms with E-state index in [1.54, 1.807) is 12.4 Å². The second-order valence-corrected chi connectivity index (χ2v) is 6.60. The third-order valence-electron chi connectivity index (χ3n) is 4.69. The zero-order valence-electron chi connectivity index (χ0n) is 14.6. The number of benzene rings is 1. The lowest BCUT2D eigenvalue weighted by atomic mass is 10.2. The van der Waals surface area contributed by atoms with Gasteiger partial charge in [-0.2, -0.15) is 5.10 Å². The number of carbonyl (C=O) groups is 1. The van der Waals surface area contributed by atoms with E-state index in [0.717, 1.165) is 42.5 Å². The predicted molar refractivity (Wildman–Crippen MR) is 99.0 cm³/mol. The Labute approximate surface area is 152 Å². The summed E-state index contributed by atoms with van der Waals surface area (Å²) in [5.74, 6) is -0.104. The van der Waals surface area contributed by atoms with Crippen LogP contribution in [0.15, 0.2) is 48.8 Å². The summed E-state index contributed by atoms with van der Waals surface area (Å²) in [5, 5.41) is 8.23. The van der Waals surface area contributed by atoms with Gasteiger partial charge in [0.15, 0.2) is 5.65 Å². The molecule has 4 rings (SSSR count). The maximum Gasteiger partial charge on any atom is 0.252 e. The summed E-state index contributed by atoms with van der Waals surface area (Å²) in [4.78, 5) is 16.8. The summed E-state index contributed by atoms with van der Waals surface area (Å²) in [6.45, 7) is 2.12. The van der Waals surface area contributed by atoms with Crippen molar-refractivity contribution in [3.8, 4) is 0 Å². The van der Waals surface area contributed by atoms with Gasteiger partial charge >= 0.3 is 0 Å². The van der Waals surface area contributed by atoms with Crippen LogP contribution in [0.2, 0.25) is 0 Å². The molecule has 3 heterocycles. The summed E-state index contributed by atoms with van der Waals surface area (Å²) in [7, 11) is 0. The van der Waals surface area contributed by atoms with Crippen molar-refractivity contribution in [1.29, 1.82) is 0 Å². The van der Waals surface area contributed by atoms with E-state index in [0.29, 0.717) is 18.7 Å². The Bertz CT molecular complexity index is 885. The summed E-state index contributed by atoms with van der Waals surface area (Å²) in [6, 6.07) is 12.0. The molecule has 0 aliphatic carbocycles. The molecule has 0 radical (unpaired) electrons. The van der Waals surface area contributed by atoms with Gasteiger partial charge in [0, 0.05) is 24.7 Å². The number of rotatable bonds is 6. The normalized spacial score (nSPS) is 16.8. The van der Waals surface area contributed by atoms with E-state index in [2.05, 4.69) is 27.5 Å². The molecule has 1 aliphatic rings. The molecule has 1 unspecified atom stereocenters. The largest absolute Gasteiger partial charge is 0.378 e. The van der Waals surface area contributed by atoms with Crippen molar-refractivity contribution in [3.63, 3.8) is 0 Å². The molecule has 0 saturated carbocycles. The maximum atomic E-state index is 12.3. The number of fused-ring (bicyclic) bond motifs is 1. The number of pyridine rings is 1. The number of aromatic nitrogens is 3. The lowest BCUT2D eigenvalue weighted by Crippen LogP contribution is -2.27. The van der Waals surface area contributed by atoms with Crippen LogP contribution in [0.4, 0.5) is 0 Å². The Hall–Kier alpha value is -2.73. The molecule has 0 spiro atoms. The molecule has 2 aromatic heterocycles. The Morgan fingerprint density at radius 1 is 1.27 bits per heavy atom. The Morgan fingerprint density at radius 2 is 2.15 bits per heavy atom. The minimum absolute atomic E-state index is 0.104. The lowest BCUT2D eigenvalue weighted by molar-refractivity contribution is 0.0907. The number of amides is 1. The monoisotopic (exact) mass is 350 g/mol. The smallest absolute Gasteiger partial charge is 0.252 e. The SMILES string of the molecule is O=C(NCCC1CCCO1)c1cnc2c(cnn2Cc2ccccc2)c1. The van der Waals surface area contributed by atoms with Crippen LogP contribution in [-0.2, 0) is 11.3 Å². The number of nitrogens with one attached hydrogen (secondary N) is 1. The van der Waals surface area contributed by atoms with E-state index in [-0.39, 0.29) is 12.0 Å². The molecule has 6 heteroatoms. The quantitative estimate of drug-likeness (QED) is 0.742. The number of hydrogen-bond acceptors (Lipinski definition) is 4. The highest BCUT2D eigenvalue weighted by atomic mass is 16.5. The van der Waals surface area contributed by atoms with Gasteiger partial charge in [-0.05, 0) is 30.9 Å². The molecular weight excluding hydrogens is 328 g/mol. The number of ether oxygens (including phenoxy) is 1. The molecule has 3 aromatic rings. The van der Waals surface area contributed by atoms with Crippen LogP contribution in [0.3, 0.4) is 0 Å². The minimum atomic E-state index is -0.104. The van der Waals surface area contributed by atoms with Crippen molar-refractivity contribution >= 4 is 16.9 Å². The summed E-state index contributed by atoms with van der Waals surface area (Å²) in [6.07, 6.45) is 6.72. The molecule has 26 heavy (non-hydrogen) atoms. The van der Waals surface area contributed by atoms with Crippen molar-refractivity contribution < 1.29 is 9.53 Å². The first kappa shape index (κ1) is 16.7. The highest BCUT2D eigenvalue weighted by Gasteiger charge is 2.16. The first-order chi connectivity index (χ1) is 12.8. The zero-order chi connectivity index (χ0) is 17.8. The van der Waals surface area contributed by atoms with Crippen molar-refractivity contribution in [2.24, 2.45) is 0 Å². The van der Waals surface area contributed by atoms with Gasteiger partial charge in [-0.3, -0.25) is 4.79 Å². The van der Waals surface area contributed by atoms with E-state index < -0.39 is 0 Å². The summed E-state index contributed by atoms with van der Waals surface area (Å²) < 4.78 is 7.43. The van der Waals surface area contributed by atoms with Crippen molar-refractivity contribution in [2.45, 2.75) is 31.9 Å². The van der Waals surface area contributed by atoms with E-state index in [1.807, 2.05) is 28.9 Å². The van der Waals surface area contributed by atoms with Gasteiger partial charge in [-0.15, -0.1) is 0 Å². The first-order valence-electron chi connectivity index (χ1n) is 9.05. The molecule has 6 nitrogen and oxygen atoms in total. The molecule has 1 saturated heterocycles. The minimum Gasteiger partial charge on any atom is -0.378 e. The molecular formula is C20H22N4O2. The third-order valence-corrected chi connectivity index (χ3v) is 4.69. The molecule has 134 valence electrons. The van der Waals surface area contributed by atoms with E-state index in [9.17, 15) is 4.79 Å². The molecule has 1 atom stereocenters. The molecule has 1 aromatic carbocycles. The van der Waals surface area contributed by atoms with Crippen LogP contribution in [-0.4, -0.2) is 39.9 Å². The van der Waals surface area contributed by atoms with Crippen molar-refractivity contribution in [2.75, 3.05) is 13.2 Å². The average Bonchev–Trinajstić information content (AvgIpc) is 3.32. The fraction of sp³-hybridized carbons (Fsp3) is 0.350.